The summed E-state index contributed by atoms with van der Waals surface area (Å²) < 4.78 is 0. The quantitative estimate of drug-likeness (QED) is 0.775. The molecule has 4 rings (SSSR count). The number of rotatable bonds is 7. The van der Waals surface area contributed by atoms with Crippen LogP contribution in [0.5, 0.6) is 0 Å². The van der Waals surface area contributed by atoms with Gasteiger partial charge in [-0.3, -0.25) is 9.59 Å². The van der Waals surface area contributed by atoms with Crippen LogP contribution in [0.3, 0.4) is 0 Å². The Kier molecular flexibility index (Phi) is 5.41. The Morgan fingerprint density at radius 3 is 2.42 bits per heavy atom. The van der Waals surface area contributed by atoms with Gasteiger partial charge in [-0.2, -0.15) is 0 Å². The highest BCUT2D eigenvalue weighted by molar-refractivity contribution is 7.10. The lowest BCUT2D eigenvalue weighted by atomic mass is 10.1. The SMILES string of the molecule is O=C(NC1CCCC1)[C@@H](c1cccs1)N(C(=O)Cc1cccs1)C1CC1. The Balaban J connectivity index is 1.57. The minimum absolute atomic E-state index is 0.00854. The van der Waals surface area contributed by atoms with Crippen molar-refractivity contribution in [1.82, 2.24) is 10.2 Å². The molecule has 0 aromatic carbocycles. The Hall–Kier alpha value is -1.66. The molecule has 2 aromatic rings. The van der Waals surface area contributed by atoms with E-state index >= 15 is 0 Å². The minimum atomic E-state index is -0.490. The third-order valence-corrected chi connectivity index (χ3v) is 6.98. The van der Waals surface area contributed by atoms with Crippen LogP contribution in [0.2, 0.25) is 0 Å². The van der Waals surface area contributed by atoms with Crippen molar-refractivity contribution in [3.63, 3.8) is 0 Å². The Labute approximate surface area is 162 Å². The zero-order valence-electron chi connectivity index (χ0n) is 14.7. The first-order valence-electron chi connectivity index (χ1n) is 9.39. The summed E-state index contributed by atoms with van der Waals surface area (Å²) in [5.74, 6) is 0.0562. The molecule has 0 unspecified atom stereocenters. The van der Waals surface area contributed by atoms with Crippen molar-refractivity contribution in [2.75, 3.05) is 0 Å². The summed E-state index contributed by atoms with van der Waals surface area (Å²) in [6, 6.07) is 7.88. The van der Waals surface area contributed by atoms with Crippen LogP contribution in [0.1, 0.15) is 54.3 Å². The van der Waals surface area contributed by atoms with Gasteiger partial charge in [-0.1, -0.05) is 25.0 Å². The highest BCUT2D eigenvalue weighted by Gasteiger charge is 2.42. The highest BCUT2D eigenvalue weighted by atomic mass is 32.1. The number of carbonyl (C=O) groups is 2. The van der Waals surface area contributed by atoms with Crippen molar-refractivity contribution < 1.29 is 9.59 Å². The van der Waals surface area contributed by atoms with E-state index in [9.17, 15) is 9.59 Å². The number of hydrogen-bond donors (Lipinski definition) is 1. The molecule has 2 aliphatic rings. The van der Waals surface area contributed by atoms with Gasteiger partial charge in [-0.15, -0.1) is 22.7 Å². The molecule has 0 radical (unpaired) electrons. The maximum Gasteiger partial charge on any atom is 0.248 e. The monoisotopic (exact) mass is 388 g/mol. The smallest absolute Gasteiger partial charge is 0.248 e. The van der Waals surface area contributed by atoms with E-state index in [-0.39, 0.29) is 23.9 Å². The molecule has 2 fully saturated rings. The van der Waals surface area contributed by atoms with Crippen LogP contribution >= 0.6 is 22.7 Å². The van der Waals surface area contributed by atoms with Crippen molar-refractivity contribution in [2.45, 2.75) is 63.1 Å². The van der Waals surface area contributed by atoms with Gasteiger partial charge < -0.3 is 10.2 Å². The molecular formula is C20H24N2O2S2. The summed E-state index contributed by atoms with van der Waals surface area (Å²) in [5.41, 5.74) is 0. The summed E-state index contributed by atoms with van der Waals surface area (Å²) in [7, 11) is 0. The summed E-state index contributed by atoms with van der Waals surface area (Å²) in [6.45, 7) is 0. The largest absolute Gasteiger partial charge is 0.351 e. The van der Waals surface area contributed by atoms with E-state index < -0.39 is 6.04 Å². The summed E-state index contributed by atoms with van der Waals surface area (Å²) in [6.07, 6.45) is 6.83. The van der Waals surface area contributed by atoms with E-state index in [1.165, 1.54) is 12.8 Å². The van der Waals surface area contributed by atoms with Crippen molar-refractivity contribution in [2.24, 2.45) is 0 Å². The van der Waals surface area contributed by atoms with Crippen LogP contribution in [0.15, 0.2) is 35.0 Å². The number of hydrogen-bond acceptors (Lipinski definition) is 4. The second-order valence-corrected chi connectivity index (χ2v) is 9.21. The Morgan fingerprint density at radius 1 is 1.08 bits per heavy atom. The second-order valence-electron chi connectivity index (χ2n) is 7.20. The van der Waals surface area contributed by atoms with Crippen molar-refractivity contribution in [1.29, 1.82) is 0 Å². The van der Waals surface area contributed by atoms with Gasteiger partial charge in [0.1, 0.15) is 6.04 Å². The molecule has 2 aliphatic carbocycles. The molecule has 0 bridgehead atoms. The number of amides is 2. The number of nitrogens with one attached hydrogen (secondary N) is 1. The predicted molar refractivity (Wildman–Crippen MR) is 105 cm³/mol. The summed E-state index contributed by atoms with van der Waals surface area (Å²) in [4.78, 5) is 30.2. The van der Waals surface area contributed by atoms with E-state index in [1.807, 2.05) is 39.9 Å². The molecule has 0 aliphatic heterocycles. The van der Waals surface area contributed by atoms with Crippen molar-refractivity contribution in [3.8, 4) is 0 Å². The Bertz CT molecular complexity index is 732. The lowest BCUT2D eigenvalue weighted by molar-refractivity contribution is -0.141. The van der Waals surface area contributed by atoms with Gasteiger partial charge in [0.05, 0.1) is 6.42 Å². The molecule has 2 saturated carbocycles. The third kappa shape index (κ3) is 4.01. The van der Waals surface area contributed by atoms with E-state index in [0.717, 1.165) is 35.4 Å². The van der Waals surface area contributed by atoms with Gasteiger partial charge in [-0.25, -0.2) is 0 Å². The predicted octanol–water partition coefficient (Wildman–Crippen LogP) is 4.14. The number of carbonyl (C=O) groups excluding carboxylic acids is 2. The first-order valence-corrected chi connectivity index (χ1v) is 11.2. The molecule has 1 N–H and O–H groups in total. The molecule has 0 spiro atoms. The van der Waals surface area contributed by atoms with Gasteiger partial charge in [0, 0.05) is 21.8 Å². The van der Waals surface area contributed by atoms with Crippen LogP contribution in [0.25, 0.3) is 0 Å². The zero-order chi connectivity index (χ0) is 17.9. The van der Waals surface area contributed by atoms with Crippen LogP contribution in [0, 0.1) is 0 Å². The fraction of sp³-hybridized carbons (Fsp3) is 0.500. The molecule has 2 aromatic heterocycles. The average Bonchev–Trinajstić information content (AvgIpc) is 3.07. The Morgan fingerprint density at radius 2 is 1.81 bits per heavy atom. The van der Waals surface area contributed by atoms with Crippen LogP contribution in [-0.4, -0.2) is 28.8 Å². The topological polar surface area (TPSA) is 49.4 Å². The molecule has 2 heterocycles. The van der Waals surface area contributed by atoms with Gasteiger partial charge in [-0.05, 0) is 48.6 Å². The maximum atomic E-state index is 13.2. The van der Waals surface area contributed by atoms with Gasteiger partial charge in [0.25, 0.3) is 0 Å². The van der Waals surface area contributed by atoms with Crippen LogP contribution in [-0.2, 0) is 16.0 Å². The van der Waals surface area contributed by atoms with Crippen LogP contribution in [0.4, 0.5) is 0 Å². The molecule has 26 heavy (non-hydrogen) atoms. The maximum absolute atomic E-state index is 13.2. The molecule has 6 heteroatoms. The molecule has 2 amide bonds. The van der Waals surface area contributed by atoms with Gasteiger partial charge in [0.15, 0.2) is 0 Å². The van der Waals surface area contributed by atoms with E-state index in [1.54, 1.807) is 22.7 Å². The fourth-order valence-corrected chi connectivity index (χ4v) is 5.27. The molecule has 0 saturated heterocycles. The van der Waals surface area contributed by atoms with Crippen LogP contribution < -0.4 is 5.32 Å². The zero-order valence-corrected chi connectivity index (χ0v) is 16.4. The second kappa shape index (κ2) is 7.92. The summed E-state index contributed by atoms with van der Waals surface area (Å²) in [5, 5.41) is 7.20. The molecular weight excluding hydrogens is 364 g/mol. The molecule has 138 valence electrons. The minimum Gasteiger partial charge on any atom is -0.351 e. The lowest BCUT2D eigenvalue weighted by Gasteiger charge is -2.31. The number of nitrogens with zero attached hydrogens (tertiary/aromatic N) is 1. The lowest BCUT2D eigenvalue weighted by Crippen LogP contribution is -2.47. The first kappa shape index (κ1) is 17.7. The van der Waals surface area contributed by atoms with Crippen molar-refractivity contribution in [3.05, 3.63) is 44.8 Å². The molecule has 4 nitrogen and oxygen atoms in total. The number of thiophene rings is 2. The third-order valence-electron chi connectivity index (χ3n) is 5.17. The van der Waals surface area contributed by atoms with Crippen molar-refractivity contribution >= 4 is 34.5 Å². The summed E-state index contributed by atoms with van der Waals surface area (Å²) >= 11 is 3.16. The van der Waals surface area contributed by atoms with E-state index in [0.29, 0.717) is 6.42 Å². The normalized spacial score (nSPS) is 18.6. The van der Waals surface area contributed by atoms with Gasteiger partial charge in [0.2, 0.25) is 11.8 Å². The average molecular weight is 389 g/mol. The van der Waals surface area contributed by atoms with E-state index in [4.69, 9.17) is 0 Å². The molecule has 1 atom stereocenters. The van der Waals surface area contributed by atoms with E-state index in [2.05, 4.69) is 5.32 Å². The van der Waals surface area contributed by atoms with Gasteiger partial charge >= 0.3 is 0 Å². The standard InChI is InChI=1S/C20H24N2O2S2/c23-18(13-16-7-3-11-25-16)22(15-9-10-15)19(17-8-4-12-26-17)20(24)21-14-5-1-2-6-14/h3-4,7-8,11-12,14-15,19H,1-2,5-6,9-10,13H2,(H,21,24)/t19-/m1/s1. The first-order chi connectivity index (χ1) is 12.7. The highest BCUT2D eigenvalue weighted by Crippen LogP contribution is 2.37. The fourth-order valence-electron chi connectivity index (χ4n) is 3.75.